The van der Waals surface area contributed by atoms with Crippen molar-refractivity contribution in [3.63, 3.8) is 0 Å². The Morgan fingerprint density at radius 1 is 1.31 bits per heavy atom. The zero-order valence-electron chi connectivity index (χ0n) is 10.1. The molecule has 0 radical (unpaired) electrons. The van der Waals surface area contributed by atoms with E-state index in [1.54, 1.807) is 0 Å². The molecule has 0 spiro atoms. The van der Waals surface area contributed by atoms with Crippen LogP contribution in [0, 0.1) is 11.8 Å². The smallest absolute Gasteiger partial charge is 0.226 e. The highest BCUT2D eigenvalue weighted by Crippen LogP contribution is 2.22. The largest absolute Gasteiger partial charge is 0.396 e. The Morgan fingerprint density at radius 2 is 2.12 bits per heavy atom. The Kier molecular flexibility index (Phi) is 3.82. The number of carbonyl (C=O) groups is 1. The first-order chi connectivity index (χ1) is 7.70. The Hall–Kier alpha value is -0.610. The topological polar surface area (TPSA) is 43.8 Å². The maximum atomic E-state index is 12.2. The number of amides is 1. The van der Waals surface area contributed by atoms with Crippen molar-refractivity contribution in [3.8, 4) is 0 Å². The molecule has 2 heterocycles. The van der Waals surface area contributed by atoms with E-state index >= 15 is 0 Å². The van der Waals surface area contributed by atoms with Gasteiger partial charge in [-0.2, -0.15) is 0 Å². The molecule has 2 aliphatic heterocycles. The van der Waals surface area contributed by atoms with Crippen LogP contribution in [0.2, 0.25) is 0 Å². The Morgan fingerprint density at radius 3 is 2.75 bits per heavy atom. The summed E-state index contributed by atoms with van der Waals surface area (Å²) in [7, 11) is 2.08. The minimum absolute atomic E-state index is 0.191. The Balaban J connectivity index is 1.87. The van der Waals surface area contributed by atoms with Crippen LogP contribution in [0.25, 0.3) is 0 Å². The number of aliphatic hydroxyl groups is 1. The lowest BCUT2D eigenvalue weighted by Crippen LogP contribution is -2.42. The second-order valence-electron chi connectivity index (χ2n) is 5.22. The van der Waals surface area contributed by atoms with Crippen LogP contribution < -0.4 is 0 Å². The quantitative estimate of drug-likeness (QED) is 0.730. The van der Waals surface area contributed by atoms with Crippen LogP contribution in [0.3, 0.4) is 0 Å². The van der Waals surface area contributed by atoms with Crippen LogP contribution in [0.15, 0.2) is 0 Å². The minimum Gasteiger partial charge on any atom is -0.396 e. The first kappa shape index (κ1) is 11.9. The van der Waals surface area contributed by atoms with Crippen molar-refractivity contribution in [3.05, 3.63) is 0 Å². The molecule has 0 bridgehead atoms. The summed E-state index contributed by atoms with van der Waals surface area (Å²) in [5.74, 6) is 0.809. The van der Waals surface area contributed by atoms with Gasteiger partial charge in [0.2, 0.25) is 5.91 Å². The van der Waals surface area contributed by atoms with Crippen molar-refractivity contribution < 1.29 is 9.90 Å². The van der Waals surface area contributed by atoms with Crippen molar-refractivity contribution in [2.45, 2.75) is 19.3 Å². The van der Waals surface area contributed by atoms with E-state index in [1.807, 2.05) is 4.90 Å². The molecule has 0 unspecified atom stereocenters. The minimum atomic E-state index is 0.191. The molecule has 2 aliphatic rings. The molecule has 16 heavy (non-hydrogen) atoms. The molecular formula is C12H22N2O2. The predicted octanol–water partition coefficient (Wildman–Crippen LogP) is 0.169. The molecule has 0 aliphatic carbocycles. The lowest BCUT2D eigenvalue weighted by molar-refractivity contribution is -0.136. The van der Waals surface area contributed by atoms with Crippen molar-refractivity contribution in [1.82, 2.24) is 9.80 Å². The summed E-state index contributed by atoms with van der Waals surface area (Å²) in [4.78, 5) is 16.4. The molecule has 2 fully saturated rings. The van der Waals surface area contributed by atoms with E-state index in [2.05, 4.69) is 11.9 Å². The summed E-state index contributed by atoms with van der Waals surface area (Å²) in [5.41, 5.74) is 0. The van der Waals surface area contributed by atoms with Crippen LogP contribution >= 0.6 is 0 Å². The van der Waals surface area contributed by atoms with Crippen LogP contribution in [-0.4, -0.2) is 60.6 Å². The van der Waals surface area contributed by atoms with Gasteiger partial charge in [0.25, 0.3) is 0 Å². The Bertz CT molecular complexity index is 257. The monoisotopic (exact) mass is 226 g/mol. The fourth-order valence-corrected chi connectivity index (χ4v) is 2.81. The van der Waals surface area contributed by atoms with E-state index in [9.17, 15) is 4.79 Å². The molecule has 1 amide bonds. The van der Waals surface area contributed by atoms with E-state index in [1.165, 1.54) is 0 Å². The molecule has 0 aromatic heterocycles. The van der Waals surface area contributed by atoms with Crippen molar-refractivity contribution in [1.29, 1.82) is 0 Å². The predicted molar refractivity (Wildman–Crippen MR) is 62.0 cm³/mol. The maximum Gasteiger partial charge on any atom is 0.226 e. The zero-order chi connectivity index (χ0) is 11.5. The molecule has 2 saturated heterocycles. The number of piperidine rings is 1. The third-order valence-electron chi connectivity index (χ3n) is 3.83. The lowest BCUT2D eigenvalue weighted by Gasteiger charge is -2.31. The van der Waals surface area contributed by atoms with Gasteiger partial charge in [0.15, 0.2) is 0 Å². The highest BCUT2D eigenvalue weighted by molar-refractivity contribution is 5.79. The molecule has 2 atom stereocenters. The van der Waals surface area contributed by atoms with Gasteiger partial charge in [-0.15, -0.1) is 0 Å². The Labute approximate surface area is 97.2 Å². The van der Waals surface area contributed by atoms with E-state index < -0.39 is 0 Å². The first-order valence-electron chi connectivity index (χ1n) is 6.29. The van der Waals surface area contributed by atoms with Gasteiger partial charge in [0, 0.05) is 32.2 Å². The van der Waals surface area contributed by atoms with E-state index in [-0.39, 0.29) is 12.5 Å². The van der Waals surface area contributed by atoms with Gasteiger partial charge in [-0.3, -0.25) is 4.79 Å². The molecule has 0 aromatic carbocycles. The SMILES string of the molecule is CN1CCC[C@@H](C(=O)N2CC[C@H](CO)C2)C1. The molecular weight excluding hydrogens is 204 g/mol. The van der Waals surface area contributed by atoms with Gasteiger partial charge in [-0.1, -0.05) is 0 Å². The fraction of sp³-hybridized carbons (Fsp3) is 0.917. The maximum absolute atomic E-state index is 12.2. The highest BCUT2D eigenvalue weighted by Gasteiger charge is 2.32. The summed E-state index contributed by atoms with van der Waals surface area (Å²) in [6.45, 7) is 3.83. The van der Waals surface area contributed by atoms with E-state index in [0.717, 1.165) is 45.4 Å². The second kappa shape index (κ2) is 5.15. The average molecular weight is 226 g/mol. The van der Waals surface area contributed by atoms with Gasteiger partial charge in [0.1, 0.15) is 0 Å². The first-order valence-corrected chi connectivity index (χ1v) is 6.29. The number of rotatable bonds is 2. The molecule has 92 valence electrons. The van der Waals surface area contributed by atoms with Crippen LogP contribution in [0.1, 0.15) is 19.3 Å². The average Bonchev–Trinajstić information content (AvgIpc) is 2.76. The summed E-state index contributed by atoms with van der Waals surface area (Å²) in [6, 6.07) is 0. The second-order valence-corrected chi connectivity index (χ2v) is 5.22. The summed E-state index contributed by atoms with van der Waals surface area (Å²) < 4.78 is 0. The van der Waals surface area contributed by atoms with E-state index in [0.29, 0.717) is 11.8 Å². The van der Waals surface area contributed by atoms with Gasteiger partial charge < -0.3 is 14.9 Å². The third-order valence-corrected chi connectivity index (χ3v) is 3.83. The van der Waals surface area contributed by atoms with Crippen LogP contribution in [-0.2, 0) is 4.79 Å². The van der Waals surface area contributed by atoms with Crippen molar-refractivity contribution in [2.24, 2.45) is 11.8 Å². The summed E-state index contributed by atoms with van der Waals surface area (Å²) in [6.07, 6.45) is 3.12. The van der Waals surface area contributed by atoms with E-state index in [4.69, 9.17) is 5.11 Å². The molecule has 0 aromatic rings. The van der Waals surface area contributed by atoms with Crippen LogP contribution in [0.4, 0.5) is 0 Å². The number of nitrogens with zero attached hydrogens (tertiary/aromatic N) is 2. The summed E-state index contributed by atoms with van der Waals surface area (Å²) >= 11 is 0. The number of hydrogen-bond acceptors (Lipinski definition) is 3. The molecule has 2 rings (SSSR count). The standard InChI is InChI=1S/C12H22N2O2/c1-13-5-2-3-11(8-13)12(16)14-6-4-10(7-14)9-15/h10-11,15H,2-9H2,1H3/t10-,11+/m0/s1. The van der Waals surface area contributed by atoms with Crippen molar-refractivity contribution >= 4 is 5.91 Å². The molecule has 4 nitrogen and oxygen atoms in total. The number of carbonyl (C=O) groups excluding carboxylic acids is 1. The fourth-order valence-electron chi connectivity index (χ4n) is 2.81. The van der Waals surface area contributed by atoms with Crippen molar-refractivity contribution in [2.75, 3.05) is 39.8 Å². The molecule has 4 heteroatoms. The summed E-state index contributed by atoms with van der Waals surface area (Å²) in [5, 5.41) is 9.07. The zero-order valence-corrected chi connectivity index (χ0v) is 10.1. The third kappa shape index (κ3) is 2.55. The number of hydrogen-bond donors (Lipinski definition) is 1. The molecule has 1 N–H and O–H groups in total. The normalized spacial score (nSPS) is 32.0. The van der Waals surface area contributed by atoms with Crippen LogP contribution in [0.5, 0.6) is 0 Å². The van der Waals surface area contributed by atoms with Gasteiger partial charge in [-0.25, -0.2) is 0 Å². The highest BCUT2D eigenvalue weighted by atomic mass is 16.3. The van der Waals surface area contributed by atoms with Gasteiger partial charge in [0.05, 0.1) is 5.92 Å². The number of aliphatic hydroxyl groups excluding tert-OH is 1. The van der Waals surface area contributed by atoms with Gasteiger partial charge in [-0.05, 0) is 32.9 Å². The lowest BCUT2D eigenvalue weighted by atomic mass is 9.97. The number of likely N-dealkylation sites (tertiary alicyclic amines) is 2. The van der Waals surface area contributed by atoms with Gasteiger partial charge >= 0.3 is 0 Å². The molecule has 0 saturated carbocycles.